The van der Waals surface area contributed by atoms with Crippen LogP contribution in [0.5, 0.6) is 0 Å². The fourth-order valence-electron chi connectivity index (χ4n) is 2.89. The molecule has 23 heavy (non-hydrogen) atoms. The molecule has 2 atom stereocenters. The van der Waals surface area contributed by atoms with Crippen LogP contribution in [0.2, 0.25) is 0 Å². The summed E-state index contributed by atoms with van der Waals surface area (Å²) in [6, 6.07) is 30.6. The van der Waals surface area contributed by atoms with Crippen LogP contribution in [0.1, 0.15) is 23.1 Å². The van der Waals surface area contributed by atoms with Crippen molar-refractivity contribution in [2.45, 2.75) is 12.0 Å². The van der Waals surface area contributed by atoms with E-state index < -0.39 is 0 Å². The van der Waals surface area contributed by atoms with Crippen molar-refractivity contribution in [2.75, 3.05) is 11.9 Å². The lowest BCUT2D eigenvalue weighted by Gasteiger charge is -2.28. The topological polar surface area (TPSA) is 32.3 Å². The third-order valence-electron chi connectivity index (χ3n) is 4.08. The van der Waals surface area contributed by atoms with Crippen molar-refractivity contribution in [1.82, 2.24) is 0 Å². The fraction of sp³-hybridized carbons (Fsp3) is 0.143. The largest absolute Gasteiger partial charge is 0.396 e. The van der Waals surface area contributed by atoms with Crippen molar-refractivity contribution in [3.63, 3.8) is 0 Å². The van der Waals surface area contributed by atoms with Crippen LogP contribution in [0.3, 0.4) is 0 Å². The van der Waals surface area contributed by atoms with Gasteiger partial charge >= 0.3 is 0 Å². The number of hydrogen-bond donors (Lipinski definition) is 2. The highest BCUT2D eigenvalue weighted by Crippen LogP contribution is 2.33. The second-order valence-corrected chi connectivity index (χ2v) is 5.60. The lowest BCUT2D eigenvalue weighted by molar-refractivity contribution is 0.253. The first-order valence-corrected chi connectivity index (χ1v) is 7.91. The molecule has 0 aliphatic heterocycles. The van der Waals surface area contributed by atoms with Crippen LogP contribution in [-0.4, -0.2) is 11.7 Å². The van der Waals surface area contributed by atoms with Gasteiger partial charge in [-0.2, -0.15) is 0 Å². The summed E-state index contributed by atoms with van der Waals surface area (Å²) in [6.45, 7) is 0.0867. The highest BCUT2D eigenvalue weighted by molar-refractivity contribution is 5.46. The molecular formula is C21H21NO. The van der Waals surface area contributed by atoms with Crippen molar-refractivity contribution in [3.05, 3.63) is 102 Å². The van der Waals surface area contributed by atoms with Crippen molar-refractivity contribution in [2.24, 2.45) is 0 Å². The zero-order valence-corrected chi connectivity index (χ0v) is 13.0. The second-order valence-electron chi connectivity index (χ2n) is 5.60. The zero-order valence-electron chi connectivity index (χ0n) is 13.0. The summed E-state index contributed by atoms with van der Waals surface area (Å²) in [6.07, 6.45) is 0. The molecule has 0 bridgehead atoms. The Labute approximate surface area is 137 Å². The predicted octanol–water partition coefficient (Wildman–Crippen LogP) is 4.62. The summed E-state index contributed by atoms with van der Waals surface area (Å²) in [5.74, 6) is -0.0150. The Morgan fingerprint density at radius 2 is 1.13 bits per heavy atom. The predicted molar refractivity (Wildman–Crippen MR) is 95.5 cm³/mol. The Bertz CT molecular complexity index is 698. The zero-order chi connectivity index (χ0) is 15.9. The summed E-state index contributed by atoms with van der Waals surface area (Å²) in [5.41, 5.74) is 3.35. The van der Waals surface area contributed by atoms with Crippen LogP contribution in [-0.2, 0) is 0 Å². The van der Waals surface area contributed by atoms with Crippen LogP contribution in [0.15, 0.2) is 91.0 Å². The number of nitrogens with one attached hydrogen (secondary N) is 1. The first-order valence-electron chi connectivity index (χ1n) is 7.91. The van der Waals surface area contributed by atoms with Crippen molar-refractivity contribution in [3.8, 4) is 0 Å². The Morgan fingerprint density at radius 3 is 1.65 bits per heavy atom. The van der Waals surface area contributed by atoms with Crippen LogP contribution < -0.4 is 5.32 Å². The minimum atomic E-state index is -0.0150. The van der Waals surface area contributed by atoms with Gasteiger partial charge in [0.05, 0.1) is 12.6 Å². The van der Waals surface area contributed by atoms with Gasteiger partial charge < -0.3 is 10.4 Å². The fourth-order valence-corrected chi connectivity index (χ4v) is 2.89. The molecule has 0 saturated heterocycles. The lowest BCUT2D eigenvalue weighted by Crippen LogP contribution is -2.22. The van der Waals surface area contributed by atoms with E-state index in [1.807, 2.05) is 54.6 Å². The summed E-state index contributed by atoms with van der Waals surface area (Å²) in [4.78, 5) is 0. The highest BCUT2D eigenvalue weighted by Gasteiger charge is 2.24. The van der Waals surface area contributed by atoms with Gasteiger partial charge in [0.1, 0.15) is 0 Å². The Morgan fingerprint density at radius 1 is 0.652 bits per heavy atom. The van der Waals surface area contributed by atoms with Gasteiger partial charge in [-0.25, -0.2) is 0 Å². The molecule has 3 rings (SSSR count). The normalized spacial score (nSPS) is 13.3. The molecule has 0 aliphatic carbocycles. The van der Waals surface area contributed by atoms with Crippen LogP contribution in [0, 0.1) is 0 Å². The molecule has 2 heteroatoms. The third-order valence-corrected chi connectivity index (χ3v) is 4.08. The van der Waals surface area contributed by atoms with Gasteiger partial charge in [0.15, 0.2) is 0 Å². The molecule has 3 aromatic carbocycles. The van der Waals surface area contributed by atoms with Gasteiger partial charge in [-0.1, -0.05) is 78.9 Å². The van der Waals surface area contributed by atoms with Crippen LogP contribution >= 0.6 is 0 Å². The molecule has 0 fully saturated rings. The van der Waals surface area contributed by atoms with Gasteiger partial charge in [-0.15, -0.1) is 0 Å². The van der Waals surface area contributed by atoms with Crippen molar-refractivity contribution in [1.29, 1.82) is 0 Å². The van der Waals surface area contributed by atoms with E-state index in [-0.39, 0.29) is 18.6 Å². The Balaban J connectivity index is 1.97. The number of para-hydroxylation sites is 1. The minimum Gasteiger partial charge on any atom is -0.396 e. The van der Waals surface area contributed by atoms with Crippen molar-refractivity contribution < 1.29 is 5.11 Å². The molecule has 2 unspecified atom stereocenters. The molecule has 0 spiro atoms. The van der Waals surface area contributed by atoms with E-state index >= 15 is 0 Å². The van der Waals surface area contributed by atoms with Crippen LogP contribution in [0.25, 0.3) is 0 Å². The number of rotatable bonds is 6. The molecule has 0 amide bonds. The van der Waals surface area contributed by atoms with E-state index in [2.05, 4.69) is 41.7 Å². The molecule has 0 aromatic heterocycles. The average molecular weight is 303 g/mol. The lowest BCUT2D eigenvalue weighted by atomic mass is 9.87. The van der Waals surface area contributed by atoms with E-state index in [0.717, 1.165) is 11.3 Å². The molecular weight excluding hydrogens is 282 g/mol. The molecule has 2 nitrogen and oxygen atoms in total. The Hall–Kier alpha value is -2.58. The van der Waals surface area contributed by atoms with Gasteiger partial charge in [0.25, 0.3) is 0 Å². The molecule has 0 aliphatic rings. The summed E-state index contributed by atoms with van der Waals surface area (Å²) in [7, 11) is 0. The summed E-state index contributed by atoms with van der Waals surface area (Å²) >= 11 is 0. The summed E-state index contributed by atoms with van der Waals surface area (Å²) < 4.78 is 0. The molecule has 3 aromatic rings. The number of aliphatic hydroxyl groups is 1. The Kier molecular flexibility index (Phi) is 5.07. The smallest absolute Gasteiger partial charge is 0.0604 e. The number of benzene rings is 3. The van der Waals surface area contributed by atoms with Gasteiger partial charge in [0.2, 0.25) is 0 Å². The van der Waals surface area contributed by atoms with Crippen LogP contribution in [0.4, 0.5) is 5.69 Å². The second kappa shape index (κ2) is 7.61. The maximum absolute atomic E-state index is 10.0. The number of aliphatic hydroxyl groups excluding tert-OH is 1. The molecule has 0 radical (unpaired) electrons. The van der Waals surface area contributed by atoms with E-state index in [4.69, 9.17) is 0 Å². The highest BCUT2D eigenvalue weighted by atomic mass is 16.3. The van der Waals surface area contributed by atoms with Gasteiger partial charge in [0, 0.05) is 11.6 Å². The van der Waals surface area contributed by atoms with E-state index in [0.29, 0.717) is 0 Å². The number of anilines is 1. The molecule has 0 saturated carbocycles. The van der Waals surface area contributed by atoms with E-state index in [1.165, 1.54) is 5.56 Å². The quantitative estimate of drug-likeness (QED) is 0.696. The minimum absolute atomic E-state index is 0.00556. The number of hydrogen-bond acceptors (Lipinski definition) is 2. The average Bonchev–Trinajstić information content (AvgIpc) is 2.64. The van der Waals surface area contributed by atoms with Gasteiger partial charge in [-0.3, -0.25) is 0 Å². The molecule has 116 valence electrons. The SMILES string of the molecule is OCC(c1ccccc1)C(Nc1ccccc1)c1ccccc1. The monoisotopic (exact) mass is 303 g/mol. The van der Waals surface area contributed by atoms with Crippen molar-refractivity contribution >= 4 is 5.69 Å². The van der Waals surface area contributed by atoms with E-state index in [1.54, 1.807) is 0 Å². The maximum Gasteiger partial charge on any atom is 0.0604 e. The maximum atomic E-state index is 10.0. The molecule has 0 heterocycles. The standard InChI is InChI=1S/C21H21NO/c23-16-20(17-10-4-1-5-11-17)21(18-12-6-2-7-13-18)22-19-14-8-3-9-15-19/h1-15,20-23H,16H2. The summed E-state index contributed by atoms with van der Waals surface area (Å²) in [5, 5.41) is 13.6. The first kappa shape index (κ1) is 15.3. The van der Waals surface area contributed by atoms with Gasteiger partial charge in [-0.05, 0) is 23.3 Å². The molecule has 2 N–H and O–H groups in total. The van der Waals surface area contributed by atoms with E-state index in [9.17, 15) is 5.11 Å². The first-order chi connectivity index (χ1) is 11.4. The third kappa shape index (κ3) is 3.79.